The molecule has 0 saturated heterocycles. The molecular weight excluding hydrogens is 420 g/mol. The van der Waals surface area contributed by atoms with Crippen LogP contribution < -0.4 is 10.6 Å². The Bertz CT molecular complexity index is 974. The molecule has 33 heavy (non-hydrogen) atoms. The number of rotatable bonds is 9. The number of hydrogen-bond donors (Lipinski definition) is 3. The van der Waals surface area contributed by atoms with Crippen LogP contribution in [0.5, 0.6) is 0 Å². The smallest absolute Gasteiger partial charge is 0.407 e. The molecule has 3 rings (SSSR count). The normalized spacial score (nSPS) is 15.2. The van der Waals surface area contributed by atoms with E-state index in [2.05, 4.69) is 34.9 Å². The first-order valence-corrected chi connectivity index (χ1v) is 11.4. The Hall–Kier alpha value is -3.35. The molecule has 2 aromatic rings. The van der Waals surface area contributed by atoms with Crippen molar-refractivity contribution in [2.24, 2.45) is 11.8 Å². The highest BCUT2D eigenvalue weighted by Gasteiger charge is 2.33. The number of ether oxygens (including phenoxy) is 1. The van der Waals surface area contributed by atoms with Gasteiger partial charge in [0, 0.05) is 12.0 Å². The second kappa shape index (κ2) is 10.5. The molecule has 3 atom stereocenters. The van der Waals surface area contributed by atoms with Gasteiger partial charge in [-0.3, -0.25) is 4.79 Å². The summed E-state index contributed by atoms with van der Waals surface area (Å²) < 4.78 is 5.58. The zero-order chi connectivity index (χ0) is 24.1. The van der Waals surface area contributed by atoms with Gasteiger partial charge in [-0.15, -0.1) is 0 Å². The van der Waals surface area contributed by atoms with E-state index in [4.69, 9.17) is 4.74 Å². The summed E-state index contributed by atoms with van der Waals surface area (Å²) in [4.78, 5) is 36.7. The molecule has 0 aliphatic heterocycles. The van der Waals surface area contributed by atoms with Crippen LogP contribution in [0, 0.1) is 11.8 Å². The summed E-state index contributed by atoms with van der Waals surface area (Å²) in [6.07, 6.45) is -0.326. The number of hydrogen-bond acceptors (Lipinski definition) is 4. The van der Waals surface area contributed by atoms with E-state index >= 15 is 0 Å². The van der Waals surface area contributed by atoms with Crippen molar-refractivity contribution in [3.63, 3.8) is 0 Å². The van der Waals surface area contributed by atoms with Gasteiger partial charge >= 0.3 is 12.1 Å². The second-order valence-corrected chi connectivity index (χ2v) is 8.84. The van der Waals surface area contributed by atoms with Crippen LogP contribution in [0.4, 0.5) is 4.79 Å². The molecule has 7 nitrogen and oxygen atoms in total. The van der Waals surface area contributed by atoms with Crippen molar-refractivity contribution in [1.82, 2.24) is 10.6 Å². The molecule has 2 amide bonds. The summed E-state index contributed by atoms with van der Waals surface area (Å²) >= 11 is 0. The Morgan fingerprint density at radius 2 is 1.48 bits per heavy atom. The van der Waals surface area contributed by atoms with Crippen LogP contribution in [-0.4, -0.2) is 41.8 Å². The van der Waals surface area contributed by atoms with Crippen molar-refractivity contribution in [3.05, 3.63) is 59.7 Å². The molecule has 1 aliphatic rings. The SMILES string of the molecule is CCC(NC(=O)C(C(C)C)C(C)NC(=O)OCC1c2ccccc2-c2ccccc21)C(=O)O. The minimum atomic E-state index is -1.08. The number of nitrogens with one attached hydrogen (secondary N) is 2. The molecular formula is C26H32N2O5. The number of carboxylic acid groups (broad SMARTS) is 1. The Kier molecular flexibility index (Phi) is 7.74. The van der Waals surface area contributed by atoms with Crippen molar-refractivity contribution in [1.29, 1.82) is 0 Å². The van der Waals surface area contributed by atoms with Crippen LogP contribution in [-0.2, 0) is 14.3 Å². The van der Waals surface area contributed by atoms with Gasteiger partial charge in [-0.1, -0.05) is 69.3 Å². The van der Waals surface area contributed by atoms with Gasteiger partial charge in [0.05, 0.1) is 5.92 Å². The van der Waals surface area contributed by atoms with Crippen LogP contribution in [0.15, 0.2) is 48.5 Å². The first-order chi connectivity index (χ1) is 15.7. The monoisotopic (exact) mass is 452 g/mol. The fourth-order valence-electron chi connectivity index (χ4n) is 4.63. The third-order valence-electron chi connectivity index (χ3n) is 6.27. The van der Waals surface area contributed by atoms with Gasteiger partial charge in [0.1, 0.15) is 12.6 Å². The van der Waals surface area contributed by atoms with Crippen LogP contribution >= 0.6 is 0 Å². The van der Waals surface area contributed by atoms with E-state index in [0.717, 1.165) is 22.3 Å². The molecule has 0 fully saturated rings. The van der Waals surface area contributed by atoms with Gasteiger partial charge in [0.25, 0.3) is 0 Å². The fraction of sp³-hybridized carbons (Fsp3) is 0.423. The predicted molar refractivity (Wildman–Crippen MR) is 126 cm³/mol. The molecule has 0 spiro atoms. The molecule has 0 aromatic heterocycles. The standard InChI is InChI=1S/C26H32N2O5/c1-5-22(25(30)31)28-24(29)23(15(2)3)16(4)27-26(32)33-14-21-19-12-8-6-10-17(19)18-11-7-9-13-20(18)21/h6-13,15-16,21-23H,5,14H2,1-4H3,(H,27,32)(H,28,29)(H,30,31). The number of amides is 2. The molecule has 0 radical (unpaired) electrons. The summed E-state index contributed by atoms with van der Waals surface area (Å²) in [6, 6.07) is 14.7. The van der Waals surface area contributed by atoms with Gasteiger partial charge in [0.2, 0.25) is 5.91 Å². The molecule has 0 bridgehead atoms. The van der Waals surface area contributed by atoms with E-state index in [1.807, 2.05) is 38.1 Å². The zero-order valence-electron chi connectivity index (χ0n) is 19.5. The van der Waals surface area contributed by atoms with E-state index in [1.54, 1.807) is 13.8 Å². The Morgan fingerprint density at radius 1 is 0.939 bits per heavy atom. The lowest BCUT2D eigenvalue weighted by molar-refractivity contribution is -0.143. The lowest BCUT2D eigenvalue weighted by Crippen LogP contribution is -2.51. The number of fused-ring (bicyclic) bond motifs is 3. The van der Waals surface area contributed by atoms with E-state index in [-0.39, 0.29) is 24.9 Å². The van der Waals surface area contributed by atoms with E-state index in [9.17, 15) is 19.5 Å². The molecule has 1 aliphatic carbocycles. The van der Waals surface area contributed by atoms with Gasteiger partial charge in [0.15, 0.2) is 0 Å². The number of alkyl carbamates (subject to hydrolysis) is 1. The lowest BCUT2D eigenvalue weighted by Gasteiger charge is -2.28. The zero-order valence-corrected chi connectivity index (χ0v) is 19.5. The summed E-state index contributed by atoms with van der Waals surface area (Å²) in [5.41, 5.74) is 4.54. The van der Waals surface area contributed by atoms with Crippen LogP contribution in [0.3, 0.4) is 0 Å². The first-order valence-electron chi connectivity index (χ1n) is 11.4. The molecule has 3 N–H and O–H groups in total. The maximum Gasteiger partial charge on any atom is 0.407 e. The minimum Gasteiger partial charge on any atom is -0.480 e. The van der Waals surface area contributed by atoms with E-state index in [1.165, 1.54) is 0 Å². The minimum absolute atomic E-state index is 0.0523. The lowest BCUT2D eigenvalue weighted by atomic mass is 9.88. The molecule has 0 heterocycles. The van der Waals surface area contributed by atoms with Gasteiger partial charge in [-0.2, -0.15) is 0 Å². The summed E-state index contributed by atoms with van der Waals surface area (Å²) in [7, 11) is 0. The third kappa shape index (κ3) is 5.35. The summed E-state index contributed by atoms with van der Waals surface area (Å²) in [6.45, 7) is 7.33. The summed E-state index contributed by atoms with van der Waals surface area (Å²) in [5.74, 6) is -2.24. The summed E-state index contributed by atoms with van der Waals surface area (Å²) in [5, 5.41) is 14.6. The highest BCUT2D eigenvalue weighted by molar-refractivity contribution is 5.86. The number of carbonyl (C=O) groups is 3. The van der Waals surface area contributed by atoms with E-state index < -0.39 is 36.0 Å². The maximum absolute atomic E-state index is 12.8. The average Bonchev–Trinajstić information content (AvgIpc) is 3.09. The van der Waals surface area contributed by atoms with Crippen molar-refractivity contribution >= 4 is 18.0 Å². The van der Waals surface area contributed by atoms with Crippen LogP contribution in [0.2, 0.25) is 0 Å². The van der Waals surface area contributed by atoms with E-state index in [0.29, 0.717) is 0 Å². The molecule has 7 heteroatoms. The van der Waals surface area contributed by atoms with Crippen molar-refractivity contribution in [3.8, 4) is 11.1 Å². The Labute approximate surface area is 194 Å². The van der Waals surface area contributed by atoms with Crippen LogP contribution in [0.1, 0.15) is 51.2 Å². The number of carbonyl (C=O) groups excluding carboxylic acids is 2. The van der Waals surface area contributed by atoms with Crippen LogP contribution in [0.25, 0.3) is 11.1 Å². The first kappa shape index (κ1) is 24.3. The van der Waals surface area contributed by atoms with Crippen molar-refractivity contribution in [2.45, 2.75) is 52.1 Å². The predicted octanol–water partition coefficient (Wildman–Crippen LogP) is 4.17. The van der Waals surface area contributed by atoms with Gasteiger partial charge in [-0.25, -0.2) is 9.59 Å². The van der Waals surface area contributed by atoms with Crippen molar-refractivity contribution < 1.29 is 24.2 Å². The number of benzene rings is 2. The fourth-order valence-corrected chi connectivity index (χ4v) is 4.63. The van der Waals surface area contributed by atoms with Crippen molar-refractivity contribution in [2.75, 3.05) is 6.61 Å². The quantitative estimate of drug-likeness (QED) is 0.530. The highest BCUT2D eigenvalue weighted by Crippen LogP contribution is 2.44. The topological polar surface area (TPSA) is 105 Å². The Balaban J connectivity index is 1.64. The molecule has 2 aromatic carbocycles. The van der Waals surface area contributed by atoms with Gasteiger partial charge < -0.3 is 20.5 Å². The van der Waals surface area contributed by atoms with Gasteiger partial charge in [-0.05, 0) is 41.5 Å². The maximum atomic E-state index is 12.8. The number of aliphatic carboxylic acids is 1. The number of carboxylic acids is 1. The molecule has 0 saturated carbocycles. The molecule has 3 unspecified atom stereocenters. The Morgan fingerprint density at radius 3 is 1.97 bits per heavy atom. The largest absolute Gasteiger partial charge is 0.480 e. The average molecular weight is 453 g/mol. The molecule has 176 valence electrons. The highest BCUT2D eigenvalue weighted by atomic mass is 16.5. The second-order valence-electron chi connectivity index (χ2n) is 8.84. The third-order valence-corrected chi connectivity index (χ3v) is 6.27.